The number of rotatable bonds is 5. The first kappa shape index (κ1) is 12.1. The third-order valence-electron chi connectivity index (χ3n) is 2.23. The van der Waals surface area contributed by atoms with E-state index in [1.54, 1.807) is 7.11 Å². The van der Waals surface area contributed by atoms with Gasteiger partial charge in [0.25, 0.3) is 0 Å². The summed E-state index contributed by atoms with van der Waals surface area (Å²) in [5.41, 5.74) is 6.18. The summed E-state index contributed by atoms with van der Waals surface area (Å²) >= 11 is 0. The van der Waals surface area contributed by atoms with Crippen LogP contribution in [0, 0.1) is 11.6 Å². The molecule has 2 N–H and O–H groups in total. The number of nitrogens with two attached hydrogens (primary N) is 1. The number of hydrogen-bond acceptors (Lipinski definition) is 2. The number of aryl methyl sites for hydroxylation is 1. The fourth-order valence-corrected chi connectivity index (χ4v) is 1.40. The van der Waals surface area contributed by atoms with E-state index in [0.717, 1.165) is 6.07 Å². The maximum atomic E-state index is 13.3. The molecule has 0 radical (unpaired) electrons. The van der Waals surface area contributed by atoms with Crippen molar-refractivity contribution >= 4 is 0 Å². The molecule has 2 nitrogen and oxygen atoms in total. The molecule has 0 aliphatic heterocycles. The summed E-state index contributed by atoms with van der Waals surface area (Å²) in [6, 6.07) is 2.38. The van der Waals surface area contributed by atoms with Crippen LogP contribution in [0.25, 0.3) is 0 Å². The average Bonchev–Trinajstić information content (AvgIpc) is 2.21. The predicted molar refractivity (Wildman–Crippen MR) is 54.4 cm³/mol. The van der Waals surface area contributed by atoms with Gasteiger partial charge in [-0.25, -0.2) is 8.78 Å². The van der Waals surface area contributed by atoms with Crippen LogP contribution in [0.5, 0.6) is 0 Å². The second-order valence-corrected chi connectivity index (χ2v) is 3.34. The molecule has 0 bridgehead atoms. The summed E-state index contributed by atoms with van der Waals surface area (Å²) in [6.07, 6.45) is 1.25. The Bertz CT molecular complexity index is 329. The van der Waals surface area contributed by atoms with Gasteiger partial charge < -0.3 is 10.5 Å². The fraction of sp³-hybridized carbons (Fsp3) is 0.455. The van der Waals surface area contributed by atoms with Gasteiger partial charge in [-0.3, -0.25) is 0 Å². The first-order valence-electron chi connectivity index (χ1n) is 4.84. The van der Waals surface area contributed by atoms with Crippen LogP contribution < -0.4 is 5.73 Å². The van der Waals surface area contributed by atoms with Gasteiger partial charge in [0.05, 0.1) is 0 Å². The Morgan fingerprint density at radius 3 is 2.47 bits per heavy atom. The minimum absolute atomic E-state index is 0.0867. The van der Waals surface area contributed by atoms with Gasteiger partial charge in [0.2, 0.25) is 0 Å². The summed E-state index contributed by atoms with van der Waals surface area (Å²) in [5.74, 6) is -1.09. The maximum absolute atomic E-state index is 13.3. The third kappa shape index (κ3) is 3.25. The van der Waals surface area contributed by atoms with Gasteiger partial charge in [0.15, 0.2) is 0 Å². The van der Waals surface area contributed by atoms with Gasteiger partial charge in [-0.15, -0.1) is 0 Å². The van der Waals surface area contributed by atoms with Crippen molar-refractivity contribution in [2.45, 2.75) is 19.4 Å². The Morgan fingerprint density at radius 2 is 1.87 bits per heavy atom. The molecule has 0 aromatic heterocycles. The van der Waals surface area contributed by atoms with Crippen LogP contribution in [-0.4, -0.2) is 13.7 Å². The molecule has 0 saturated heterocycles. The van der Waals surface area contributed by atoms with Crippen molar-refractivity contribution in [1.82, 2.24) is 0 Å². The summed E-state index contributed by atoms with van der Waals surface area (Å²) in [6.45, 7) is 0.651. The monoisotopic (exact) mass is 215 g/mol. The van der Waals surface area contributed by atoms with E-state index < -0.39 is 11.6 Å². The quantitative estimate of drug-likeness (QED) is 0.762. The molecule has 84 valence electrons. The molecule has 0 aliphatic carbocycles. The van der Waals surface area contributed by atoms with E-state index in [1.807, 2.05) is 0 Å². The minimum Gasteiger partial charge on any atom is -0.385 e. The van der Waals surface area contributed by atoms with Crippen LogP contribution >= 0.6 is 0 Å². The van der Waals surface area contributed by atoms with E-state index in [-0.39, 0.29) is 6.54 Å². The first-order valence-corrected chi connectivity index (χ1v) is 4.84. The normalized spacial score (nSPS) is 10.7. The maximum Gasteiger partial charge on any atom is 0.130 e. The van der Waals surface area contributed by atoms with Gasteiger partial charge >= 0.3 is 0 Å². The molecule has 0 heterocycles. The minimum atomic E-state index is -0.578. The van der Waals surface area contributed by atoms with Gasteiger partial charge in [-0.2, -0.15) is 0 Å². The lowest BCUT2D eigenvalue weighted by Gasteiger charge is -2.06. The van der Waals surface area contributed by atoms with Gasteiger partial charge in [0.1, 0.15) is 11.6 Å². The molecule has 0 unspecified atom stereocenters. The molecule has 1 rings (SSSR count). The molecule has 0 fully saturated rings. The lowest BCUT2D eigenvalue weighted by atomic mass is 10.1. The lowest BCUT2D eigenvalue weighted by molar-refractivity contribution is 0.195. The number of benzene rings is 1. The highest BCUT2D eigenvalue weighted by atomic mass is 19.1. The molecule has 15 heavy (non-hydrogen) atoms. The standard InChI is InChI=1S/C11H15F2NO/c1-15-4-2-3-8-5-9(7-14)11(13)6-10(8)12/h5-6H,2-4,7,14H2,1H3. The highest BCUT2D eigenvalue weighted by Crippen LogP contribution is 2.16. The van der Waals surface area contributed by atoms with E-state index in [0.29, 0.717) is 30.6 Å². The molecular formula is C11H15F2NO. The Kier molecular flexibility index (Phi) is 4.65. The number of ether oxygens (including phenoxy) is 1. The first-order chi connectivity index (χ1) is 7.19. The van der Waals surface area contributed by atoms with Crippen LogP contribution in [0.4, 0.5) is 8.78 Å². The highest BCUT2D eigenvalue weighted by molar-refractivity contribution is 5.26. The summed E-state index contributed by atoms with van der Waals surface area (Å²) in [4.78, 5) is 0. The van der Waals surface area contributed by atoms with Crippen LogP contribution in [0.1, 0.15) is 17.5 Å². The van der Waals surface area contributed by atoms with Gasteiger partial charge in [-0.1, -0.05) is 0 Å². The summed E-state index contributed by atoms with van der Waals surface area (Å²) < 4.78 is 31.2. The largest absolute Gasteiger partial charge is 0.385 e. The molecule has 1 aromatic rings. The summed E-state index contributed by atoms with van der Waals surface area (Å²) in [5, 5.41) is 0. The molecule has 0 amide bonds. The summed E-state index contributed by atoms with van der Waals surface area (Å²) in [7, 11) is 1.59. The SMILES string of the molecule is COCCCc1cc(CN)c(F)cc1F. The zero-order valence-corrected chi connectivity index (χ0v) is 8.72. The topological polar surface area (TPSA) is 35.2 Å². The Hall–Kier alpha value is -1.00. The molecule has 0 spiro atoms. The van der Waals surface area contributed by atoms with Crippen molar-refractivity contribution in [3.8, 4) is 0 Å². The smallest absolute Gasteiger partial charge is 0.130 e. The molecule has 0 atom stereocenters. The van der Waals surface area contributed by atoms with Crippen LogP contribution in [0.3, 0.4) is 0 Å². The number of methoxy groups -OCH3 is 1. The molecule has 1 aromatic carbocycles. The third-order valence-corrected chi connectivity index (χ3v) is 2.23. The van der Waals surface area contributed by atoms with Crippen LogP contribution in [-0.2, 0) is 17.7 Å². The number of hydrogen-bond donors (Lipinski definition) is 1. The van der Waals surface area contributed by atoms with Crippen molar-refractivity contribution in [3.05, 3.63) is 34.9 Å². The van der Waals surface area contributed by atoms with E-state index in [9.17, 15) is 8.78 Å². The van der Waals surface area contributed by atoms with E-state index >= 15 is 0 Å². The Balaban J connectivity index is 2.78. The van der Waals surface area contributed by atoms with Gasteiger partial charge in [0, 0.05) is 31.9 Å². The van der Waals surface area contributed by atoms with E-state index in [1.165, 1.54) is 6.07 Å². The second kappa shape index (κ2) is 5.78. The van der Waals surface area contributed by atoms with Crippen molar-refractivity contribution in [2.24, 2.45) is 5.73 Å². The van der Waals surface area contributed by atoms with Crippen LogP contribution in [0.2, 0.25) is 0 Å². The number of halogens is 2. The zero-order valence-electron chi connectivity index (χ0n) is 8.72. The fourth-order valence-electron chi connectivity index (χ4n) is 1.40. The van der Waals surface area contributed by atoms with Crippen molar-refractivity contribution in [1.29, 1.82) is 0 Å². The lowest BCUT2D eigenvalue weighted by Crippen LogP contribution is -2.04. The van der Waals surface area contributed by atoms with Gasteiger partial charge in [-0.05, 0) is 24.5 Å². The van der Waals surface area contributed by atoms with Crippen molar-refractivity contribution in [2.75, 3.05) is 13.7 Å². The highest BCUT2D eigenvalue weighted by Gasteiger charge is 2.08. The average molecular weight is 215 g/mol. The molecule has 0 saturated carbocycles. The molecular weight excluding hydrogens is 200 g/mol. The van der Waals surface area contributed by atoms with E-state index in [2.05, 4.69) is 0 Å². The van der Waals surface area contributed by atoms with E-state index in [4.69, 9.17) is 10.5 Å². The Labute approximate surface area is 88.0 Å². The molecule has 0 aliphatic rings. The zero-order chi connectivity index (χ0) is 11.3. The predicted octanol–water partition coefficient (Wildman–Crippen LogP) is 2.00. The van der Waals surface area contributed by atoms with Crippen molar-refractivity contribution < 1.29 is 13.5 Å². The second-order valence-electron chi connectivity index (χ2n) is 3.34. The molecule has 4 heteroatoms. The van der Waals surface area contributed by atoms with Crippen LogP contribution in [0.15, 0.2) is 12.1 Å². The Morgan fingerprint density at radius 1 is 1.20 bits per heavy atom. The van der Waals surface area contributed by atoms with Crippen molar-refractivity contribution in [3.63, 3.8) is 0 Å².